The van der Waals surface area contributed by atoms with Crippen LogP contribution in [0.25, 0.3) is 0 Å². The molecule has 0 radical (unpaired) electrons. The van der Waals surface area contributed by atoms with Gasteiger partial charge in [0.2, 0.25) is 0 Å². The average Bonchev–Trinajstić information content (AvgIpc) is 1.90. The molecule has 42 valence electrons. The summed E-state index contributed by atoms with van der Waals surface area (Å²) in [7, 11) is 0. The van der Waals surface area contributed by atoms with Gasteiger partial charge < -0.3 is 5.11 Å². The Bertz CT molecular complexity index is 150. The van der Waals surface area contributed by atoms with Crippen LogP contribution in [0.3, 0.4) is 0 Å². The van der Waals surface area contributed by atoms with Gasteiger partial charge in [0.15, 0.2) is 0 Å². The molecule has 1 aromatic carbocycles. The first-order chi connectivity index (χ1) is 3.93. The third kappa shape index (κ3) is 2.72. The molecule has 0 spiro atoms. The summed E-state index contributed by atoms with van der Waals surface area (Å²) < 4.78 is 0. The van der Waals surface area contributed by atoms with E-state index in [-0.39, 0.29) is 25.5 Å². The zero-order valence-corrected chi connectivity index (χ0v) is 5.46. The van der Waals surface area contributed by atoms with E-state index < -0.39 is 0 Å². The molecule has 0 heterocycles. The number of hydrogen-bond donors (Lipinski definition) is 1. The molecule has 0 aromatic heterocycles. The van der Waals surface area contributed by atoms with E-state index in [1.54, 1.807) is 6.07 Å². The normalized spacial score (nSPS) is 8.11. The summed E-state index contributed by atoms with van der Waals surface area (Å²) in [6.45, 7) is 0.0842. The molecule has 1 N–H and O–H groups in total. The Labute approximate surface area is 66.9 Å². The molecule has 1 aromatic rings. The SMILES string of the molecule is OCc1[c-]cccc1.[Li+]. The van der Waals surface area contributed by atoms with E-state index >= 15 is 0 Å². The molecule has 0 saturated heterocycles. The second kappa shape index (κ2) is 4.64. The largest absolute Gasteiger partial charge is 1.00 e. The molecule has 1 rings (SSSR count). The van der Waals surface area contributed by atoms with E-state index in [1.165, 1.54) is 0 Å². The second-order valence-corrected chi connectivity index (χ2v) is 1.55. The second-order valence-electron chi connectivity index (χ2n) is 1.55. The van der Waals surface area contributed by atoms with Crippen LogP contribution in [-0.2, 0) is 6.61 Å². The third-order valence-corrected chi connectivity index (χ3v) is 0.944. The van der Waals surface area contributed by atoms with Crippen LogP contribution in [-0.4, -0.2) is 5.11 Å². The molecular weight excluding hydrogens is 107 g/mol. The van der Waals surface area contributed by atoms with Gasteiger partial charge in [-0.3, -0.25) is 0 Å². The number of aliphatic hydroxyl groups is 1. The van der Waals surface area contributed by atoms with Crippen LogP contribution in [0.15, 0.2) is 24.3 Å². The maximum atomic E-state index is 8.51. The van der Waals surface area contributed by atoms with Crippen LogP contribution in [0.1, 0.15) is 5.56 Å². The molecule has 0 aliphatic carbocycles. The third-order valence-electron chi connectivity index (χ3n) is 0.944. The van der Waals surface area contributed by atoms with E-state index in [9.17, 15) is 0 Å². The van der Waals surface area contributed by atoms with Crippen molar-refractivity contribution in [2.75, 3.05) is 0 Å². The molecule has 0 atom stereocenters. The van der Waals surface area contributed by atoms with Gasteiger partial charge in [-0.2, -0.15) is 30.3 Å². The summed E-state index contributed by atoms with van der Waals surface area (Å²) in [4.78, 5) is 0. The minimum absolute atomic E-state index is 0. The van der Waals surface area contributed by atoms with Crippen LogP contribution in [0.5, 0.6) is 0 Å². The van der Waals surface area contributed by atoms with E-state index in [4.69, 9.17) is 5.11 Å². The summed E-state index contributed by atoms with van der Waals surface area (Å²) in [5.41, 5.74) is 0.840. The van der Waals surface area contributed by atoms with E-state index in [0.29, 0.717) is 0 Å². The molecule has 1 nitrogen and oxygen atoms in total. The van der Waals surface area contributed by atoms with Gasteiger partial charge in [0.25, 0.3) is 0 Å². The van der Waals surface area contributed by atoms with Gasteiger partial charge in [-0.05, 0) is 0 Å². The molecule has 2 heteroatoms. The summed E-state index contributed by atoms with van der Waals surface area (Å²) in [5.74, 6) is 0. The summed E-state index contributed by atoms with van der Waals surface area (Å²) in [6, 6.07) is 10.2. The van der Waals surface area contributed by atoms with Crippen LogP contribution in [0, 0.1) is 6.07 Å². The van der Waals surface area contributed by atoms with Gasteiger partial charge in [0, 0.05) is 6.61 Å². The van der Waals surface area contributed by atoms with Crippen molar-refractivity contribution in [2.24, 2.45) is 0 Å². The van der Waals surface area contributed by atoms with Crippen molar-refractivity contribution in [1.29, 1.82) is 0 Å². The fourth-order valence-corrected chi connectivity index (χ4v) is 0.529. The Hall–Kier alpha value is -0.223. The summed E-state index contributed by atoms with van der Waals surface area (Å²) in [6.07, 6.45) is 0. The first-order valence-electron chi connectivity index (χ1n) is 2.50. The van der Waals surface area contributed by atoms with Gasteiger partial charge >= 0.3 is 18.9 Å². The van der Waals surface area contributed by atoms with Crippen LogP contribution >= 0.6 is 0 Å². The topological polar surface area (TPSA) is 20.2 Å². The number of benzene rings is 1. The van der Waals surface area contributed by atoms with Crippen molar-refractivity contribution in [2.45, 2.75) is 6.61 Å². The van der Waals surface area contributed by atoms with Crippen molar-refractivity contribution in [3.05, 3.63) is 35.9 Å². The van der Waals surface area contributed by atoms with Crippen LogP contribution in [0.4, 0.5) is 0 Å². The first-order valence-corrected chi connectivity index (χ1v) is 2.50. The van der Waals surface area contributed by atoms with Crippen molar-refractivity contribution in [1.82, 2.24) is 0 Å². The van der Waals surface area contributed by atoms with Crippen LogP contribution < -0.4 is 18.9 Å². The van der Waals surface area contributed by atoms with Crippen molar-refractivity contribution in [3.63, 3.8) is 0 Å². The fourth-order valence-electron chi connectivity index (χ4n) is 0.529. The zero-order valence-electron chi connectivity index (χ0n) is 5.46. The minimum Gasteiger partial charge on any atom is -0.394 e. The smallest absolute Gasteiger partial charge is 0.394 e. The van der Waals surface area contributed by atoms with E-state index in [0.717, 1.165) is 5.56 Å². The predicted octanol–water partition coefficient (Wildman–Crippen LogP) is -2.02. The van der Waals surface area contributed by atoms with Gasteiger partial charge in [-0.25, -0.2) is 0 Å². The molecule has 0 bridgehead atoms. The summed E-state index contributed by atoms with van der Waals surface area (Å²) >= 11 is 0. The zero-order chi connectivity index (χ0) is 5.82. The molecule has 0 aliphatic rings. The minimum atomic E-state index is 0. The quantitative estimate of drug-likeness (QED) is 0.330. The Morgan fingerprint density at radius 2 is 2.22 bits per heavy atom. The monoisotopic (exact) mass is 114 g/mol. The van der Waals surface area contributed by atoms with E-state index in [1.807, 2.05) is 18.2 Å². The number of rotatable bonds is 1. The Kier molecular flexibility index (Phi) is 4.52. The molecule has 9 heavy (non-hydrogen) atoms. The summed E-state index contributed by atoms with van der Waals surface area (Å²) in [5, 5.41) is 8.51. The van der Waals surface area contributed by atoms with Gasteiger partial charge in [0.05, 0.1) is 0 Å². The molecule has 0 amide bonds. The number of hydrogen-bond acceptors (Lipinski definition) is 1. The molecule has 0 unspecified atom stereocenters. The van der Waals surface area contributed by atoms with Gasteiger partial charge in [-0.15, -0.1) is 5.56 Å². The Morgan fingerprint density at radius 1 is 1.44 bits per heavy atom. The van der Waals surface area contributed by atoms with Crippen LogP contribution in [0.2, 0.25) is 0 Å². The van der Waals surface area contributed by atoms with Gasteiger partial charge in [-0.1, -0.05) is 0 Å². The van der Waals surface area contributed by atoms with Gasteiger partial charge in [0.1, 0.15) is 0 Å². The molecule has 0 aliphatic heterocycles. The average molecular weight is 114 g/mol. The molecular formula is C7H7LiO. The van der Waals surface area contributed by atoms with Crippen molar-refractivity contribution in [3.8, 4) is 0 Å². The standard InChI is InChI=1S/C7H7O.Li/c8-6-7-4-2-1-3-5-7;/h1-4,8H,6H2;/q-1;+1. The molecule has 0 saturated carbocycles. The fraction of sp³-hybridized carbons (Fsp3) is 0.143. The number of aliphatic hydroxyl groups excluding tert-OH is 1. The Balaban J connectivity index is 0.000000640. The maximum Gasteiger partial charge on any atom is 1.00 e. The van der Waals surface area contributed by atoms with Crippen molar-refractivity contribution < 1.29 is 24.0 Å². The molecule has 0 fully saturated rings. The first kappa shape index (κ1) is 8.78. The maximum absolute atomic E-state index is 8.51. The van der Waals surface area contributed by atoms with Crippen molar-refractivity contribution >= 4 is 0 Å². The predicted molar refractivity (Wildman–Crippen MR) is 31.2 cm³/mol. The Morgan fingerprint density at radius 3 is 2.56 bits per heavy atom. The van der Waals surface area contributed by atoms with E-state index in [2.05, 4.69) is 6.07 Å².